The van der Waals surface area contributed by atoms with Crippen molar-refractivity contribution in [2.24, 2.45) is 0 Å². The van der Waals surface area contributed by atoms with Crippen molar-refractivity contribution >= 4 is 34.6 Å². The Hall–Kier alpha value is -2.44. The van der Waals surface area contributed by atoms with Gasteiger partial charge in [-0.15, -0.1) is 0 Å². The van der Waals surface area contributed by atoms with Gasteiger partial charge in [0.15, 0.2) is 0 Å². The predicted octanol–water partition coefficient (Wildman–Crippen LogP) is 3.54. The van der Waals surface area contributed by atoms with E-state index in [1.807, 2.05) is 43.3 Å². The number of carbonyl (C=O) groups is 1. The van der Waals surface area contributed by atoms with E-state index in [2.05, 4.69) is 15.5 Å². The fourth-order valence-corrected chi connectivity index (χ4v) is 3.35. The number of aryl methyl sites for hydroxylation is 1. The van der Waals surface area contributed by atoms with Crippen LogP contribution in [0, 0.1) is 6.92 Å². The molecule has 2 aromatic rings. The predicted molar refractivity (Wildman–Crippen MR) is 109 cm³/mol. The molecule has 6 nitrogen and oxygen atoms in total. The van der Waals surface area contributed by atoms with Gasteiger partial charge in [0.05, 0.1) is 49.0 Å². The lowest BCUT2D eigenvalue weighted by atomic mass is 10.2. The van der Waals surface area contributed by atoms with Crippen molar-refractivity contribution in [2.75, 3.05) is 55.5 Å². The van der Waals surface area contributed by atoms with Crippen LogP contribution in [0.2, 0.25) is 5.02 Å². The van der Waals surface area contributed by atoms with Crippen molar-refractivity contribution < 1.29 is 14.3 Å². The highest BCUT2D eigenvalue weighted by atomic mass is 35.5. The van der Waals surface area contributed by atoms with E-state index in [-0.39, 0.29) is 12.5 Å². The molecule has 1 aliphatic heterocycles. The molecule has 1 aliphatic rings. The molecule has 1 saturated heterocycles. The lowest BCUT2D eigenvalue weighted by molar-refractivity contribution is -0.114. The van der Waals surface area contributed by atoms with Crippen LogP contribution >= 0.6 is 11.6 Å². The molecule has 2 N–H and O–H groups in total. The van der Waals surface area contributed by atoms with Crippen molar-refractivity contribution in [1.82, 2.24) is 0 Å². The summed E-state index contributed by atoms with van der Waals surface area (Å²) in [5, 5.41) is 6.75. The minimum atomic E-state index is -0.160. The number of nitrogens with zero attached hydrogens (tertiary/aromatic N) is 1. The Balaban J connectivity index is 1.69. The Morgan fingerprint density at radius 3 is 2.74 bits per heavy atom. The molecule has 2 aromatic carbocycles. The van der Waals surface area contributed by atoms with Crippen molar-refractivity contribution in [2.45, 2.75) is 6.92 Å². The van der Waals surface area contributed by atoms with Crippen molar-refractivity contribution in [3.05, 3.63) is 47.0 Å². The molecule has 0 radical (unpaired) electrons. The van der Waals surface area contributed by atoms with Crippen LogP contribution in [0.1, 0.15) is 5.56 Å². The summed E-state index contributed by atoms with van der Waals surface area (Å²) in [5.74, 6) is 0.470. The van der Waals surface area contributed by atoms with Crippen LogP contribution in [0.5, 0.6) is 5.75 Å². The van der Waals surface area contributed by atoms with Gasteiger partial charge in [0, 0.05) is 13.1 Å². The van der Waals surface area contributed by atoms with Crippen LogP contribution in [0.4, 0.5) is 17.1 Å². The molecule has 7 heteroatoms. The number of para-hydroxylation sites is 1. The third-order valence-electron chi connectivity index (χ3n) is 4.38. The summed E-state index contributed by atoms with van der Waals surface area (Å²) < 4.78 is 10.7. The number of morpholine rings is 1. The number of benzene rings is 2. The van der Waals surface area contributed by atoms with Gasteiger partial charge in [0.1, 0.15) is 5.75 Å². The smallest absolute Gasteiger partial charge is 0.243 e. The Labute approximate surface area is 164 Å². The normalized spacial score (nSPS) is 14.0. The lowest BCUT2D eigenvalue weighted by Gasteiger charge is -2.31. The van der Waals surface area contributed by atoms with E-state index in [4.69, 9.17) is 21.1 Å². The van der Waals surface area contributed by atoms with Crippen LogP contribution in [0.25, 0.3) is 0 Å². The van der Waals surface area contributed by atoms with Crippen molar-refractivity contribution in [3.8, 4) is 5.75 Å². The fourth-order valence-electron chi connectivity index (χ4n) is 3.06. The molecule has 1 amide bonds. The third-order valence-corrected chi connectivity index (χ3v) is 4.69. The van der Waals surface area contributed by atoms with E-state index in [1.54, 1.807) is 7.11 Å². The summed E-state index contributed by atoms with van der Waals surface area (Å²) in [6.45, 7) is 4.95. The van der Waals surface area contributed by atoms with Crippen LogP contribution < -0.4 is 20.3 Å². The molecular formula is C20H24ClN3O3. The molecule has 0 unspecified atom stereocenters. The second kappa shape index (κ2) is 8.97. The number of carbonyl (C=O) groups excluding carboxylic acids is 1. The first kappa shape index (κ1) is 19.3. The second-order valence-corrected chi connectivity index (χ2v) is 6.75. The van der Waals surface area contributed by atoms with Crippen LogP contribution in [-0.4, -0.2) is 45.9 Å². The zero-order valence-corrected chi connectivity index (χ0v) is 16.3. The zero-order chi connectivity index (χ0) is 19.2. The summed E-state index contributed by atoms with van der Waals surface area (Å²) in [6, 6.07) is 11.3. The number of rotatable bonds is 6. The highest BCUT2D eigenvalue weighted by Crippen LogP contribution is 2.34. The van der Waals surface area contributed by atoms with Gasteiger partial charge in [-0.25, -0.2) is 0 Å². The second-order valence-electron chi connectivity index (χ2n) is 6.34. The van der Waals surface area contributed by atoms with Gasteiger partial charge in [0.2, 0.25) is 5.91 Å². The topological polar surface area (TPSA) is 62.8 Å². The molecule has 144 valence electrons. The first-order chi connectivity index (χ1) is 13.1. The minimum Gasteiger partial charge on any atom is -0.495 e. The van der Waals surface area contributed by atoms with Crippen LogP contribution in [0.3, 0.4) is 0 Å². The number of halogens is 1. The highest BCUT2D eigenvalue weighted by molar-refractivity contribution is 6.34. The molecule has 0 aliphatic carbocycles. The molecule has 0 aromatic heterocycles. The summed E-state index contributed by atoms with van der Waals surface area (Å²) in [7, 11) is 1.58. The maximum atomic E-state index is 12.4. The van der Waals surface area contributed by atoms with Gasteiger partial charge in [-0.1, -0.05) is 23.7 Å². The van der Waals surface area contributed by atoms with Crippen molar-refractivity contribution in [1.29, 1.82) is 0 Å². The summed E-state index contributed by atoms with van der Waals surface area (Å²) in [6.07, 6.45) is 0. The Morgan fingerprint density at radius 1 is 1.22 bits per heavy atom. The van der Waals surface area contributed by atoms with E-state index in [0.717, 1.165) is 30.0 Å². The number of ether oxygens (including phenoxy) is 2. The van der Waals surface area contributed by atoms with Crippen LogP contribution in [0.15, 0.2) is 36.4 Å². The molecule has 0 spiro atoms. The molecule has 1 fully saturated rings. The van der Waals surface area contributed by atoms with Gasteiger partial charge in [-0.05, 0) is 36.8 Å². The maximum Gasteiger partial charge on any atom is 0.243 e. The molecule has 1 heterocycles. The standard InChI is InChI=1S/C20H24ClN3O3/c1-14-6-7-18(26-2)17(12-14)23-19(25)13-22-16-5-3-4-15(21)20(16)24-8-10-27-11-9-24/h3-7,12,22H,8-11,13H2,1-2H3,(H,23,25). The van der Waals surface area contributed by atoms with Gasteiger partial charge in [0.25, 0.3) is 0 Å². The fraction of sp³-hybridized carbons (Fsp3) is 0.350. The molecule has 0 atom stereocenters. The van der Waals surface area contributed by atoms with E-state index < -0.39 is 0 Å². The Morgan fingerprint density at radius 2 is 2.00 bits per heavy atom. The zero-order valence-electron chi connectivity index (χ0n) is 15.5. The quantitative estimate of drug-likeness (QED) is 0.791. The Bertz CT molecular complexity index is 807. The highest BCUT2D eigenvalue weighted by Gasteiger charge is 2.18. The van der Waals surface area contributed by atoms with Crippen molar-refractivity contribution in [3.63, 3.8) is 0 Å². The number of nitrogens with one attached hydrogen (secondary N) is 2. The number of methoxy groups -OCH3 is 1. The van der Waals surface area contributed by atoms with Gasteiger partial charge < -0.3 is 25.0 Å². The van der Waals surface area contributed by atoms with E-state index >= 15 is 0 Å². The Kier molecular flexibility index (Phi) is 6.42. The lowest BCUT2D eigenvalue weighted by Crippen LogP contribution is -2.37. The molecule has 0 saturated carbocycles. The minimum absolute atomic E-state index is 0.120. The number of anilines is 3. The first-order valence-electron chi connectivity index (χ1n) is 8.88. The molecule has 0 bridgehead atoms. The average Bonchev–Trinajstić information content (AvgIpc) is 2.67. The summed E-state index contributed by atoms with van der Waals surface area (Å²) >= 11 is 6.43. The molecule has 3 rings (SSSR count). The molecule has 27 heavy (non-hydrogen) atoms. The number of amides is 1. The van der Waals surface area contributed by atoms with E-state index in [9.17, 15) is 4.79 Å². The maximum absolute atomic E-state index is 12.4. The van der Waals surface area contributed by atoms with E-state index in [1.165, 1.54) is 0 Å². The monoisotopic (exact) mass is 389 g/mol. The summed E-state index contributed by atoms with van der Waals surface area (Å²) in [4.78, 5) is 14.6. The number of hydrogen-bond acceptors (Lipinski definition) is 5. The van der Waals surface area contributed by atoms with Gasteiger partial charge in [-0.3, -0.25) is 4.79 Å². The average molecular weight is 390 g/mol. The third kappa shape index (κ3) is 4.84. The largest absolute Gasteiger partial charge is 0.495 e. The van der Waals surface area contributed by atoms with E-state index in [0.29, 0.717) is 29.7 Å². The SMILES string of the molecule is COc1ccc(C)cc1NC(=O)CNc1cccc(Cl)c1N1CCOCC1. The van der Waals surface area contributed by atoms with Crippen LogP contribution in [-0.2, 0) is 9.53 Å². The molecular weight excluding hydrogens is 366 g/mol. The van der Waals surface area contributed by atoms with Gasteiger partial charge in [-0.2, -0.15) is 0 Å². The van der Waals surface area contributed by atoms with Gasteiger partial charge >= 0.3 is 0 Å². The first-order valence-corrected chi connectivity index (χ1v) is 9.26. The number of hydrogen-bond donors (Lipinski definition) is 2. The summed E-state index contributed by atoms with van der Waals surface area (Å²) in [5.41, 5.74) is 3.44.